The molecule has 12 heteroatoms. The van der Waals surface area contributed by atoms with E-state index in [0.29, 0.717) is 19.3 Å². The molecule has 1 aliphatic carbocycles. The van der Waals surface area contributed by atoms with Gasteiger partial charge in [0.2, 0.25) is 5.60 Å². The first kappa shape index (κ1) is 23.6. The number of fused-ring (bicyclic) bond motifs is 2. The minimum Gasteiger partial charge on any atom is -0.370 e. The van der Waals surface area contributed by atoms with E-state index in [-0.39, 0.29) is 41.7 Å². The van der Waals surface area contributed by atoms with E-state index >= 15 is 0 Å². The zero-order valence-electron chi connectivity index (χ0n) is 18.1. The Morgan fingerprint density at radius 2 is 2.03 bits per heavy atom. The standard InChI is InChI=1S/C22H23F3N6O3/c1-3-20(4-2)6-5-13-14(7-20)28-29-17(13)19(32)31-9-12(8-26)16-15(10-31)34-30-18(16)21(33,11-27)22(23,24)25/h3-4,8,11-12,26-27,33H,1-2,5-7,9-10H2,(H,28,29)/t12-,21+/m0/s1. The molecule has 2 atom stereocenters. The molecule has 0 spiro atoms. The molecule has 9 nitrogen and oxygen atoms in total. The van der Waals surface area contributed by atoms with Crippen LogP contribution in [0.15, 0.2) is 29.8 Å². The predicted octanol–water partition coefficient (Wildman–Crippen LogP) is 3.03. The summed E-state index contributed by atoms with van der Waals surface area (Å²) in [5.41, 5.74) is -3.25. The highest BCUT2D eigenvalue weighted by Crippen LogP contribution is 2.43. The number of nitrogens with zero attached hydrogens (tertiary/aromatic N) is 3. The second kappa shape index (κ2) is 8.05. The summed E-state index contributed by atoms with van der Waals surface area (Å²) in [6.07, 6.45) is 0.948. The zero-order chi connectivity index (χ0) is 24.9. The van der Waals surface area contributed by atoms with Gasteiger partial charge in [-0.15, -0.1) is 13.2 Å². The number of hydrogen-bond donors (Lipinski definition) is 4. The zero-order valence-corrected chi connectivity index (χ0v) is 18.1. The lowest BCUT2D eigenvalue weighted by molar-refractivity contribution is -0.235. The quantitative estimate of drug-likeness (QED) is 0.374. The van der Waals surface area contributed by atoms with E-state index in [0.717, 1.165) is 17.5 Å². The van der Waals surface area contributed by atoms with Crippen molar-refractivity contribution in [1.29, 1.82) is 10.8 Å². The van der Waals surface area contributed by atoms with Crippen LogP contribution in [0.3, 0.4) is 0 Å². The van der Waals surface area contributed by atoms with Gasteiger partial charge in [0.1, 0.15) is 5.69 Å². The van der Waals surface area contributed by atoms with Crippen LogP contribution in [-0.2, 0) is 25.0 Å². The number of allylic oxidation sites excluding steroid dienone is 2. The van der Waals surface area contributed by atoms with Crippen molar-refractivity contribution in [1.82, 2.24) is 20.3 Å². The number of alkyl halides is 3. The summed E-state index contributed by atoms with van der Waals surface area (Å²) in [5.74, 6) is -1.57. The molecule has 0 aromatic carbocycles. The number of rotatable bonds is 6. The van der Waals surface area contributed by atoms with E-state index in [9.17, 15) is 23.1 Å². The third kappa shape index (κ3) is 3.40. The van der Waals surface area contributed by atoms with Crippen molar-refractivity contribution in [2.45, 2.75) is 43.5 Å². The van der Waals surface area contributed by atoms with E-state index in [1.165, 1.54) is 4.90 Å². The molecule has 2 aromatic rings. The summed E-state index contributed by atoms with van der Waals surface area (Å²) in [4.78, 5) is 14.6. The lowest BCUT2D eigenvalue weighted by Crippen LogP contribution is -2.46. The minimum atomic E-state index is -5.22. The predicted molar refractivity (Wildman–Crippen MR) is 115 cm³/mol. The third-order valence-electron chi connectivity index (χ3n) is 6.73. The lowest BCUT2D eigenvalue weighted by atomic mass is 9.73. The Morgan fingerprint density at radius 3 is 2.62 bits per heavy atom. The first-order valence-electron chi connectivity index (χ1n) is 10.5. The maximum absolute atomic E-state index is 13.5. The van der Waals surface area contributed by atoms with Gasteiger partial charge in [-0.3, -0.25) is 9.89 Å². The Morgan fingerprint density at radius 1 is 1.32 bits per heavy atom. The average molecular weight is 476 g/mol. The smallest absolute Gasteiger partial charge is 0.370 e. The average Bonchev–Trinajstić information content (AvgIpc) is 3.45. The molecule has 3 heterocycles. The number of H-pyrrole nitrogens is 1. The molecule has 0 fully saturated rings. The molecular formula is C22H23F3N6O3. The Bertz CT molecular complexity index is 1180. The van der Waals surface area contributed by atoms with Crippen LogP contribution in [0.2, 0.25) is 0 Å². The van der Waals surface area contributed by atoms with Gasteiger partial charge < -0.3 is 25.3 Å². The van der Waals surface area contributed by atoms with Gasteiger partial charge in [0.15, 0.2) is 11.5 Å². The number of aliphatic hydroxyl groups is 1. The first-order chi connectivity index (χ1) is 16.0. The molecule has 0 bridgehead atoms. The van der Waals surface area contributed by atoms with E-state index < -0.39 is 29.3 Å². The van der Waals surface area contributed by atoms with Crippen molar-refractivity contribution < 1.29 is 27.6 Å². The monoisotopic (exact) mass is 476 g/mol. The molecule has 4 rings (SSSR count). The summed E-state index contributed by atoms with van der Waals surface area (Å²) in [7, 11) is 0. The van der Waals surface area contributed by atoms with Crippen LogP contribution in [0.25, 0.3) is 0 Å². The fourth-order valence-electron chi connectivity index (χ4n) is 4.59. The van der Waals surface area contributed by atoms with E-state index in [2.05, 4.69) is 28.5 Å². The van der Waals surface area contributed by atoms with Crippen LogP contribution in [0.1, 0.15) is 51.1 Å². The first-order valence-corrected chi connectivity index (χ1v) is 10.5. The molecule has 1 amide bonds. The van der Waals surface area contributed by atoms with Crippen LogP contribution >= 0.6 is 0 Å². The number of aromatic amines is 1. The lowest BCUT2D eigenvalue weighted by Gasteiger charge is -2.33. The minimum absolute atomic E-state index is 0.0886. The van der Waals surface area contributed by atoms with Crippen LogP contribution in [0.4, 0.5) is 13.2 Å². The maximum Gasteiger partial charge on any atom is 0.428 e. The molecule has 0 saturated carbocycles. The summed E-state index contributed by atoms with van der Waals surface area (Å²) in [5, 5.41) is 35.5. The van der Waals surface area contributed by atoms with Gasteiger partial charge in [0.25, 0.3) is 5.91 Å². The fourth-order valence-corrected chi connectivity index (χ4v) is 4.59. The Hall–Kier alpha value is -3.54. The molecule has 0 radical (unpaired) electrons. The summed E-state index contributed by atoms with van der Waals surface area (Å²) in [6, 6.07) is 0. The van der Waals surface area contributed by atoms with Gasteiger partial charge in [0, 0.05) is 53.5 Å². The Balaban J connectivity index is 1.66. The van der Waals surface area contributed by atoms with Crippen molar-refractivity contribution in [3.05, 3.63) is 59.3 Å². The summed E-state index contributed by atoms with van der Waals surface area (Å²) in [6.45, 7) is 7.39. The second-order valence-corrected chi connectivity index (χ2v) is 8.58. The van der Waals surface area contributed by atoms with Gasteiger partial charge >= 0.3 is 6.18 Å². The van der Waals surface area contributed by atoms with Crippen molar-refractivity contribution >= 4 is 18.3 Å². The molecule has 4 N–H and O–H groups in total. The van der Waals surface area contributed by atoms with Crippen molar-refractivity contribution in [2.75, 3.05) is 6.54 Å². The maximum atomic E-state index is 13.5. The molecule has 0 unspecified atom stereocenters. The van der Waals surface area contributed by atoms with Crippen LogP contribution in [0.5, 0.6) is 0 Å². The van der Waals surface area contributed by atoms with Crippen molar-refractivity contribution in [2.24, 2.45) is 5.41 Å². The molecule has 34 heavy (non-hydrogen) atoms. The van der Waals surface area contributed by atoms with E-state index in [1.54, 1.807) is 0 Å². The number of carbonyl (C=O) groups is 1. The summed E-state index contributed by atoms with van der Waals surface area (Å²) < 4.78 is 45.6. The Kier molecular flexibility index (Phi) is 5.59. The SMILES string of the molecule is C=CC1(C=C)CCc2c(C(=O)N3Cc4onc([C@](O)(C=N)C(F)(F)F)c4[C@@H](C=N)C3)n[nH]c2C1. The van der Waals surface area contributed by atoms with E-state index in [4.69, 9.17) is 15.3 Å². The molecular weight excluding hydrogens is 453 g/mol. The van der Waals surface area contributed by atoms with E-state index in [1.807, 2.05) is 12.2 Å². The number of carbonyl (C=O) groups excluding carboxylic acids is 1. The molecule has 2 aliphatic rings. The third-order valence-corrected chi connectivity index (χ3v) is 6.73. The van der Waals surface area contributed by atoms with Gasteiger partial charge in [-0.2, -0.15) is 18.3 Å². The topological polar surface area (TPSA) is 143 Å². The number of aromatic nitrogens is 3. The van der Waals surface area contributed by atoms with Gasteiger partial charge in [0.05, 0.1) is 6.54 Å². The van der Waals surface area contributed by atoms with Crippen LogP contribution in [0, 0.1) is 16.2 Å². The van der Waals surface area contributed by atoms with Gasteiger partial charge in [-0.25, -0.2) is 0 Å². The highest BCUT2D eigenvalue weighted by atomic mass is 19.4. The molecule has 0 saturated heterocycles. The molecule has 1 aliphatic heterocycles. The van der Waals surface area contributed by atoms with Crippen LogP contribution < -0.4 is 0 Å². The highest BCUT2D eigenvalue weighted by Gasteiger charge is 2.58. The number of nitrogens with one attached hydrogen (secondary N) is 3. The second-order valence-electron chi connectivity index (χ2n) is 8.58. The highest BCUT2D eigenvalue weighted by molar-refractivity contribution is 5.94. The van der Waals surface area contributed by atoms with Crippen LogP contribution in [-0.4, -0.2) is 56.4 Å². The normalized spacial score (nSPS) is 21.1. The fraction of sp³-hybridized carbons (Fsp3) is 0.409. The molecule has 2 aromatic heterocycles. The number of halogens is 3. The largest absolute Gasteiger partial charge is 0.428 e. The number of hydrogen-bond acceptors (Lipinski definition) is 7. The van der Waals surface area contributed by atoms with Crippen molar-refractivity contribution in [3.8, 4) is 0 Å². The molecule has 180 valence electrons. The van der Waals surface area contributed by atoms with Crippen molar-refractivity contribution in [3.63, 3.8) is 0 Å². The summed E-state index contributed by atoms with van der Waals surface area (Å²) >= 11 is 0. The Labute approximate surface area is 192 Å². The number of amides is 1. The van der Waals surface area contributed by atoms with Gasteiger partial charge in [-0.1, -0.05) is 17.3 Å². The van der Waals surface area contributed by atoms with Gasteiger partial charge in [-0.05, 0) is 12.8 Å².